The van der Waals surface area contributed by atoms with Gasteiger partial charge in [-0.05, 0) is 18.1 Å². The minimum absolute atomic E-state index is 0.174. The number of fused-ring (bicyclic) bond motifs is 1. The zero-order valence-electron chi connectivity index (χ0n) is 15.6. The van der Waals surface area contributed by atoms with Crippen molar-refractivity contribution in [2.75, 3.05) is 29.9 Å². The predicted octanol–water partition coefficient (Wildman–Crippen LogP) is 4.16. The van der Waals surface area contributed by atoms with E-state index in [0.717, 1.165) is 25.3 Å². The minimum Gasteiger partial charge on any atom is -0.355 e. The fourth-order valence-electron chi connectivity index (χ4n) is 4.02. The second-order valence-electron chi connectivity index (χ2n) is 7.13. The Morgan fingerprint density at radius 2 is 2.04 bits per heavy atom. The first-order valence-electron chi connectivity index (χ1n) is 9.30. The Hall–Kier alpha value is -2.58. The van der Waals surface area contributed by atoms with E-state index in [1.807, 2.05) is 0 Å². The molecule has 1 aromatic carbocycles. The summed E-state index contributed by atoms with van der Waals surface area (Å²) in [4.78, 5) is 13.1. The Labute approximate surface area is 164 Å². The van der Waals surface area contributed by atoms with Crippen molar-refractivity contribution in [3.8, 4) is 6.07 Å². The highest BCUT2D eigenvalue weighted by Gasteiger charge is 2.35. The number of hydrogen-bond donors (Lipinski definition) is 0. The van der Waals surface area contributed by atoms with E-state index in [1.54, 1.807) is 6.07 Å². The zero-order chi connectivity index (χ0) is 19.0. The standard InChI is InChI=1S/C21H22ClN5/c1-3-14-10-18(26(2)17-7-5-4-6-16(14)17)15-12-27(13-15)21-11-19(22)24-20(25-21)8-9-23/h4-7,10-11,14-15H,3,8,12-13H2,1-2H3. The quantitative estimate of drug-likeness (QED) is 0.746. The molecule has 0 amide bonds. The molecule has 0 aliphatic carbocycles. The number of nitriles is 1. The van der Waals surface area contributed by atoms with E-state index in [4.69, 9.17) is 16.9 Å². The van der Waals surface area contributed by atoms with E-state index in [9.17, 15) is 0 Å². The van der Waals surface area contributed by atoms with Crippen LogP contribution in [0.4, 0.5) is 11.5 Å². The molecule has 2 aromatic rings. The van der Waals surface area contributed by atoms with Crippen LogP contribution in [-0.2, 0) is 6.42 Å². The van der Waals surface area contributed by atoms with Gasteiger partial charge in [-0.1, -0.05) is 42.8 Å². The summed E-state index contributed by atoms with van der Waals surface area (Å²) in [5.74, 6) is 2.23. The van der Waals surface area contributed by atoms with Crippen molar-refractivity contribution >= 4 is 23.1 Å². The number of nitrogens with zero attached hydrogens (tertiary/aromatic N) is 5. The number of halogens is 1. The Kier molecular flexibility index (Phi) is 4.75. The second kappa shape index (κ2) is 7.21. The summed E-state index contributed by atoms with van der Waals surface area (Å²) in [6.07, 6.45) is 3.70. The summed E-state index contributed by atoms with van der Waals surface area (Å²) in [5, 5.41) is 9.27. The maximum absolute atomic E-state index is 8.88. The molecular formula is C21H22ClN5. The summed E-state index contributed by atoms with van der Waals surface area (Å²) < 4.78 is 0. The largest absolute Gasteiger partial charge is 0.355 e. The third-order valence-corrected chi connectivity index (χ3v) is 5.68. The monoisotopic (exact) mass is 379 g/mol. The average molecular weight is 380 g/mol. The van der Waals surface area contributed by atoms with Crippen LogP contribution < -0.4 is 9.80 Å². The molecule has 1 saturated heterocycles. The Morgan fingerprint density at radius 3 is 2.78 bits per heavy atom. The highest BCUT2D eigenvalue weighted by molar-refractivity contribution is 6.29. The third-order valence-electron chi connectivity index (χ3n) is 5.49. The summed E-state index contributed by atoms with van der Waals surface area (Å²) >= 11 is 6.11. The second-order valence-corrected chi connectivity index (χ2v) is 7.51. The first-order chi connectivity index (χ1) is 13.1. The van der Waals surface area contributed by atoms with Gasteiger partial charge in [0, 0.05) is 49.4 Å². The number of anilines is 2. The molecule has 2 aliphatic rings. The molecule has 1 unspecified atom stereocenters. The van der Waals surface area contributed by atoms with Gasteiger partial charge in [0.15, 0.2) is 0 Å². The summed E-state index contributed by atoms with van der Waals surface area (Å²) in [5.41, 5.74) is 4.10. The van der Waals surface area contributed by atoms with Gasteiger partial charge in [-0.3, -0.25) is 0 Å². The summed E-state index contributed by atoms with van der Waals surface area (Å²) in [7, 11) is 2.16. The maximum Gasteiger partial charge on any atom is 0.146 e. The molecule has 4 rings (SSSR count). The topological polar surface area (TPSA) is 56.1 Å². The molecule has 0 bridgehead atoms. The van der Waals surface area contributed by atoms with Crippen LogP contribution in [0.15, 0.2) is 42.1 Å². The number of hydrogen-bond acceptors (Lipinski definition) is 5. The molecule has 1 aromatic heterocycles. The molecule has 0 radical (unpaired) electrons. The van der Waals surface area contributed by atoms with E-state index in [0.29, 0.717) is 22.8 Å². The smallest absolute Gasteiger partial charge is 0.146 e. The van der Waals surface area contributed by atoms with Crippen LogP contribution >= 0.6 is 11.6 Å². The van der Waals surface area contributed by atoms with Crippen molar-refractivity contribution in [3.05, 3.63) is 58.6 Å². The number of benzene rings is 1. The molecular weight excluding hydrogens is 358 g/mol. The van der Waals surface area contributed by atoms with Crippen molar-refractivity contribution in [2.45, 2.75) is 25.7 Å². The predicted molar refractivity (Wildman–Crippen MR) is 108 cm³/mol. The third kappa shape index (κ3) is 3.26. The molecule has 27 heavy (non-hydrogen) atoms. The Morgan fingerprint density at radius 1 is 1.26 bits per heavy atom. The van der Waals surface area contributed by atoms with Gasteiger partial charge in [0.2, 0.25) is 0 Å². The SMILES string of the molecule is CCC1C=C(C2CN(c3cc(Cl)nc(CC#N)n3)C2)N(C)c2ccccc21. The zero-order valence-corrected chi connectivity index (χ0v) is 16.3. The van der Waals surface area contributed by atoms with Crippen LogP contribution in [-0.4, -0.2) is 30.1 Å². The lowest BCUT2D eigenvalue weighted by atomic mass is 9.84. The first kappa shape index (κ1) is 17.8. The van der Waals surface area contributed by atoms with Crippen molar-refractivity contribution in [3.63, 3.8) is 0 Å². The normalized spacial score (nSPS) is 19.2. The van der Waals surface area contributed by atoms with Crippen LogP contribution in [0, 0.1) is 17.2 Å². The van der Waals surface area contributed by atoms with Crippen molar-refractivity contribution in [2.24, 2.45) is 5.92 Å². The van der Waals surface area contributed by atoms with Crippen LogP contribution in [0.2, 0.25) is 5.15 Å². The summed E-state index contributed by atoms with van der Waals surface area (Å²) in [6, 6.07) is 12.5. The Bertz CT molecular complexity index is 926. The molecule has 0 saturated carbocycles. The van der Waals surface area contributed by atoms with Crippen molar-refractivity contribution in [1.82, 2.24) is 9.97 Å². The lowest BCUT2D eigenvalue weighted by Crippen LogP contribution is -2.51. The van der Waals surface area contributed by atoms with Crippen LogP contribution in [0.3, 0.4) is 0 Å². The number of para-hydroxylation sites is 1. The fourth-order valence-corrected chi connectivity index (χ4v) is 4.21. The van der Waals surface area contributed by atoms with E-state index < -0.39 is 0 Å². The van der Waals surface area contributed by atoms with Crippen molar-refractivity contribution < 1.29 is 0 Å². The van der Waals surface area contributed by atoms with Crippen molar-refractivity contribution in [1.29, 1.82) is 5.26 Å². The molecule has 0 spiro atoms. The lowest BCUT2D eigenvalue weighted by molar-refractivity contribution is 0.451. The van der Waals surface area contributed by atoms with Crippen LogP contribution in [0.1, 0.15) is 30.7 Å². The molecule has 3 heterocycles. The van der Waals surface area contributed by atoms with Gasteiger partial charge >= 0.3 is 0 Å². The van der Waals surface area contributed by atoms with E-state index >= 15 is 0 Å². The molecule has 138 valence electrons. The van der Waals surface area contributed by atoms with Gasteiger partial charge in [-0.15, -0.1) is 0 Å². The minimum atomic E-state index is 0.174. The number of aromatic nitrogens is 2. The number of allylic oxidation sites excluding steroid dienone is 1. The molecule has 6 heteroatoms. The van der Waals surface area contributed by atoms with Gasteiger partial charge in [-0.25, -0.2) is 9.97 Å². The van der Waals surface area contributed by atoms with Crippen LogP contribution in [0.5, 0.6) is 0 Å². The summed E-state index contributed by atoms with van der Waals surface area (Å²) in [6.45, 7) is 4.04. The van der Waals surface area contributed by atoms with E-state index in [-0.39, 0.29) is 6.42 Å². The van der Waals surface area contributed by atoms with Gasteiger partial charge in [0.25, 0.3) is 0 Å². The molecule has 5 nitrogen and oxygen atoms in total. The number of rotatable bonds is 4. The molecule has 1 atom stereocenters. The molecule has 2 aliphatic heterocycles. The Balaban J connectivity index is 1.53. The maximum atomic E-state index is 8.88. The van der Waals surface area contributed by atoms with Gasteiger partial charge in [0.1, 0.15) is 16.8 Å². The fraction of sp³-hybridized carbons (Fsp3) is 0.381. The highest BCUT2D eigenvalue weighted by atomic mass is 35.5. The highest BCUT2D eigenvalue weighted by Crippen LogP contribution is 2.41. The van der Waals surface area contributed by atoms with Gasteiger partial charge < -0.3 is 9.80 Å². The molecule has 0 N–H and O–H groups in total. The van der Waals surface area contributed by atoms with Gasteiger partial charge in [0.05, 0.1) is 12.5 Å². The van der Waals surface area contributed by atoms with E-state index in [2.05, 4.69) is 70.1 Å². The average Bonchev–Trinajstić information content (AvgIpc) is 2.62. The van der Waals surface area contributed by atoms with E-state index in [1.165, 1.54) is 16.9 Å². The first-order valence-corrected chi connectivity index (χ1v) is 9.68. The lowest BCUT2D eigenvalue weighted by Gasteiger charge is -2.46. The van der Waals surface area contributed by atoms with Crippen LogP contribution in [0.25, 0.3) is 0 Å². The molecule has 1 fully saturated rings. The van der Waals surface area contributed by atoms with Gasteiger partial charge in [-0.2, -0.15) is 5.26 Å².